The Kier molecular flexibility index (Phi) is 6.52. The first-order valence-electron chi connectivity index (χ1n) is 5.08. The molecule has 0 aliphatic rings. The Morgan fingerprint density at radius 3 is 2.41 bits per heavy atom. The number of benzene rings is 1. The van der Waals surface area contributed by atoms with Crippen LogP contribution < -0.4 is 11.5 Å². The summed E-state index contributed by atoms with van der Waals surface area (Å²) in [6.07, 6.45) is -3.02. The number of hydrogen-bond donors (Lipinski definition) is 2. The number of rotatable bonds is 4. The van der Waals surface area contributed by atoms with Gasteiger partial charge in [-0.1, -0.05) is 12.1 Å². The maximum Gasteiger partial charge on any atom is 0.416 e. The molecule has 17 heavy (non-hydrogen) atoms. The fourth-order valence-electron chi connectivity index (χ4n) is 1.45. The minimum Gasteiger partial charge on any atom is -0.330 e. The van der Waals surface area contributed by atoms with Crippen LogP contribution in [0, 0.1) is 0 Å². The Hall–Kier alpha value is -0.780. The van der Waals surface area contributed by atoms with Crippen LogP contribution in [0.2, 0.25) is 0 Å². The van der Waals surface area contributed by atoms with E-state index < -0.39 is 11.7 Å². The van der Waals surface area contributed by atoms with Crippen LogP contribution >= 0.6 is 12.4 Å². The van der Waals surface area contributed by atoms with E-state index in [2.05, 4.69) is 0 Å². The average Bonchev–Trinajstić information content (AvgIpc) is 2.25. The van der Waals surface area contributed by atoms with Crippen LogP contribution in [-0.4, -0.2) is 6.54 Å². The minimum atomic E-state index is -4.32. The molecular weight excluding hydrogens is 253 g/mol. The Morgan fingerprint density at radius 1 is 1.24 bits per heavy atom. The van der Waals surface area contributed by atoms with Crippen LogP contribution in [0.15, 0.2) is 24.3 Å². The van der Waals surface area contributed by atoms with E-state index in [0.717, 1.165) is 12.1 Å². The molecule has 4 N–H and O–H groups in total. The zero-order chi connectivity index (χ0) is 12.2. The molecule has 0 bridgehead atoms. The zero-order valence-electron chi connectivity index (χ0n) is 9.20. The molecule has 0 aliphatic heterocycles. The molecule has 0 aromatic heterocycles. The third-order valence-corrected chi connectivity index (χ3v) is 2.36. The fourth-order valence-corrected chi connectivity index (χ4v) is 1.45. The lowest BCUT2D eigenvalue weighted by atomic mass is 10.0. The predicted molar refractivity (Wildman–Crippen MR) is 63.9 cm³/mol. The molecule has 1 atom stereocenters. The van der Waals surface area contributed by atoms with Crippen LogP contribution in [0.25, 0.3) is 0 Å². The van der Waals surface area contributed by atoms with Crippen molar-refractivity contribution in [2.45, 2.75) is 25.1 Å². The van der Waals surface area contributed by atoms with Gasteiger partial charge in [-0.05, 0) is 37.1 Å². The second-order valence-corrected chi connectivity index (χ2v) is 3.66. The summed E-state index contributed by atoms with van der Waals surface area (Å²) in [5.41, 5.74) is 10.9. The van der Waals surface area contributed by atoms with Gasteiger partial charge in [-0.25, -0.2) is 0 Å². The normalized spacial score (nSPS) is 13.0. The predicted octanol–water partition coefficient (Wildman–Crippen LogP) is 2.87. The van der Waals surface area contributed by atoms with Crippen molar-refractivity contribution in [3.63, 3.8) is 0 Å². The molecule has 0 radical (unpaired) electrons. The summed E-state index contributed by atoms with van der Waals surface area (Å²) in [5, 5.41) is 0. The monoisotopic (exact) mass is 268 g/mol. The highest BCUT2D eigenvalue weighted by atomic mass is 35.5. The summed E-state index contributed by atoms with van der Waals surface area (Å²) >= 11 is 0. The number of halogens is 4. The molecule has 0 unspecified atom stereocenters. The van der Waals surface area contributed by atoms with Gasteiger partial charge in [-0.15, -0.1) is 12.4 Å². The van der Waals surface area contributed by atoms with Gasteiger partial charge in [-0.3, -0.25) is 0 Å². The van der Waals surface area contributed by atoms with Crippen LogP contribution in [0.4, 0.5) is 13.2 Å². The van der Waals surface area contributed by atoms with Gasteiger partial charge in [0, 0.05) is 6.04 Å². The van der Waals surface area contributed by atoms with Crippen molar-refractivity contribution in [1.29, 1.82) is 0 Å². The molecule has 0 heterocycles. The first kappa shape index (κ1) is 16.2. The van der Waals surface area contributed by atoms with Crippen molar-refractivity contribution >= 4 is 12.4 Å². The molecule has 2 nitrogen and oxygen atoms in total. The molecular formula is C11H16ClF3N2. The van der Waals surface area contributed by atoms with Crippen molar-refractivity contribution < 1.29 is 13.2 Å². The quantitative estimate of drug-likeness (QED) is 0.882. The first-order valence-corrected chi connectivity index (χ1v) is 5.08. The van der Waals surface area contributed by atoms with Gasteiger partial charge < -0.3 is 11.5 Å². The van der Waals surface area contributed by atoms with Crippen LogP contribution in [0.1, 0.15) is 30.0 Å². The molecule has 98 valence electrons. The van der Waals surface area contributed by atoms with E-state index in [1.807, 2.05) is 0 Å². The molecule has 0 amide bonds. The highest BCUT2D eigenvalue weighted by molar-refractivity contribution is 5.85. The van der Waals surface area contributed by atoms with Gasteiger partial charge in [0.05, 0.1) is 5.56 Å². The molecule has 0 fully saturated rings. The molecule has 0 saturated carbocycles. The van der Waals surface area contributed by atoms with E-state index in [-0.39, 0.29) is 18.4 Å². The van der Waals surface area contributed by atoms with Gasteiger partial charge >= 0.3 is 6.18 Å². The maximum absolute atomic E-state index is 12.4. The molecule has 1 rings (SSSR count). The Labute approximate surface area is 105 Å². The average molecular weight is 269 g/mol. The Balaban J connectivity index is 0.00000256. The van der Waals surface area contributed by atoms with E-state index in [9.17, 15) is 13.2 Å². The largest absolute Gasteiger partial charge is 0.416 e. The smallest absolute Gasteiger partial charge is 0.330 e. The highest BCUT2D eigenvalue weighted by Crippen LogP contribution is 2.30. The van der Waals surface area contributed by atoms with E-state index in [1.165, 1.54) is 6.07 Å². The summed E-state index contributed by atoms with van der Waals surface area (Å²) in [5.74, 6) is 0. The van der Waals surface area contributed by atoms with Gasteiger partial charge in [0.1, 0.15) is 0 Å². The Bertz CT molecular complexity index is 342. The third-order valence-electron chi connectivity index (χ3n) is 2.36. The zero-order valence-corrected chi connectivity index (χ0v) is 10.0. The minimum absolute atomic E-state index is 0. The highest BCUT2D eigenvalue weighted by Gasteiger charge is 2.30. The molecule has 1 aromatic carbocycles. The molecule has 6 heteroatoms. The Morgan fingerprint density at radius 2 is 1.88 bits per heavy atom. The first-order chi connectivity index (χ1) is 7.45. The maximum atomic E-state index is 12.4. The lowest BCUT2D eigenvalue weighted by molar-refractivity contribution is -0.137. The van der Waals surface area contributed by atoms with Gasteiger partial charge in [0.15, 0.2) is 0 Å². The van der Waals surface area contributed by atoms with Crippen LogP contribution in [0.3, 0.4) is 0 Å². The molecule has 0 aliphatic carbocycles. The van der Waals surface area contributed by atoms with Crippen molar-refractivity contribution in [2.24, 2.45) is 11.5 Å². The number of nitrogens with two attached hydrogens (primary N) is 2. The van der Waals surface area contributed by atoms with E-state index in [0.29, 0.717) is 24.9 Å². The topological polar surface area (TPSA) is 52.0 Å². The number of hydrogen-bond acceptors (Lipinski definition) is 2. The second-order valence-electron chi connectivity index (χ2n) is 3.66. The summed E-state index contributed by atoms with van der Waals surface area (Å²) in [6, 6.07) is 4.74. The lowest BCUT2D eigenvalue weighted by Crippen LogP contribution is -2.14. The molecule has 0 saturated heterocycles. The summed E-state index contributed by atoms with van der Waals surface area (Å²) in [4.78, 5) is 0. The van der Waals surface area contributed by atoms with Crippen molar-refractivity contribution in [1.82, 2.24) is 0 Å². The van der Waals surface area contributed by atoms with E-state index in [1.54, 1.807) is 6.07 Å². The van der Waals surface area contributed by atoms with Crippen molar-refractivity contribution in [3.8, 4) is 0 Å². The van der Waals surface area contributed by atoms with Crippen molar-refractivity contribution in [2.75, 3.05) is 6.54 Å². The van der Waals surface area contributed by atoms with Gasteiger partial charge in [0.25, 0.3) is 0 Å². The van der Waals surface area contributed by atoms with E-state index >= 15 is 0 Å². The number of alkyl halides is 3. The summed E-state index contributed by atoms with van der Waals surface area (Å²) < 4.78 is 37.3. The van der Waals surface area contributed by atoms with E-state index in [4.69, 9.17) is 11.5 Å². The molecule has 1 aromatic rings. The second kappa shape index (κ2) is 6.83. The van der Waals surface area contributed by atoms with Gasteiger partial charge in [-0.2, -0.15) is 13.2 Å². The molecule has 0 spiro atoms. The van der Waals surface area contributed by atoms with Crippen LogP contribution in [-0.2, 0) is 6.18 Å². The van der Waals surface area contributed by atoms with Crippen LogP contribution in [0.5, 0.6) is 0 Å². The lowest BCUT2D eigenvalue weighted by Gasteiger charge is -2.14. The van der Waals surface area contributed by atoms with Gasteiger partial charge in [0.2, 0.25) is 0 Å². The summed E-state index contributed by atoms with van der Waals surface area (Å²) in [6.45, 7) is 0.493. The third kappa shape index (κ3) is 4.93. The fraction of sp³-hybridized carbons (Fsp3) is 0.455. The SMILES string of the molecule is Cl.NCCC[C@H](N)c1cccc(C(F)(F)F)c1. The summed E-state index contributed by atoms with van der Waals surface area (Å²) in [7, 11) is 0. The standard InChI is InChI=1S/C11H15F3N2.ClH/c12-11(13,14)9-4-1-3-8(7-9)10(16)5-2-6-15;/h1,3-4,7,10H,2,5-6,15-16H2;1H/t10-;/m0./s1. The van der Waals surface area contributed by atoms with Crippen molar-refractivity contribution in [3.05, 3.63) is 35.4 Å².